The van der Waals surface area contributed by atoms with E-state index < -0.39 is 30.1 Å². The van der Waals surface area contributed by atoms with Gasteiger partial charge in [-0.2, -0.15) is 31.4 Å². The van der Waals surface area contributed by atoms with Crippen molar-refractivity contribution < 1.29 is 45.5 Å². The number of fused-ring (bicyclic) bond motifs is 1. The van der Waals surface area contributed by atoms with E-state index in [1.165, 1.54) is 6.92 Å². The highest BCUT2D eigenvalue weighted by atomic mass is 19.4. The van der Waals surface area contributed by atoms with Gasteiger partial charge in [-0.25, -0.2) is 0 Å². The minimum absolute atomic E-state index is 0.00438. The summed E-state index contributed by atoms with van der Waals surface area (Å²) in [5.41, 5.74) is 3.78. The number of benzene rings is 1. The Morgan fingerprint density at radius 2 is 1.47 bits per heavy atom. The monoisotopic (exact) mass is 555 g/mol. The maximum Gasteiger partial charge on any atom is 0.416 e. The van der Waals surface area contributed by atoms with Crippen molar-refractivity contribution >= 4 is 19.0 Å². The summed E-state index contributed by atoms with van der Waals surface area (Å²) in [4.78, 5) is 31.4. The molecule has 38 heavy (non-hydrogen) atoms. The van der Waals surface area contributed by atoms with Gasteiger partial charge >= 0.3 is 12.4 Å². The van der Waals surface area contributed by atoms with E-state index in [9.17, 15) is 35.9 Å². The Labute approximate surface area is 216 Å². The molecule has 0 radical (unpaired) electrons. The number of carbonyl (C=O) groups excluding carboxylic acids is 3. The molecule has 0 spiro atoms. The van der Waals surface area contributed by atoms with Crippen LogP contribution in [-0.4, -0.2) is 61.4 Å². The SMILES string of the molecule is CC=O.CN1CCCn2nc(C=O)cc2C1.CNNC.O=COCc1cc(C(F)(F)F)cc(C(F)(F)F)c1. The van der Waals surface area contributed by atoms with Crippen LogP contribution in [0.25, 0.3) is 0 Å². The van der Waals surface area contributed by atoms with Gasteiger partial charge in [0.15, 0.2) is 6.29 Å². The van der Waals surface area contributed by atoms with Gasteiger partial charge in [-0.1, -0.05) is 0 Å². The minimum Gasteiger partial charge on any atom is -0.463 e. The van der Waals surface area contributed by atoms with Crippen LogP contribution >= 0.6 is 0 Å². The molecule has 0 aliphatic carbocycles. The van der Waals surface area contributed by atoms with Gasteiger partial charge in [0.05, 0.1) is 16.8 Å². The second-order valence-electron chi connectivity index (χ2n) is 7.55. The third-order valence-electron chi connectivity index (χ3n) is 4.56. The van der Waals surface area contributed by atoms with Gasteiger partial charge in [0.1, 0.15) is 18.6 Å². The van der Waals surface area contributed by atoms with Crippen LogP contribution in [0, 0.1) is 0 Å². The summed E-state index contributed by atoms with van der Waals surface area (Å²) in [7, 11) is 5.73. The lowest BCUT2D eigenvalue weighted by Gasteiger charge is -2.13. The van der Waals surface area contributed by atoms with Crippen LogP contribution < -0.4 is 10.9 Å². The summed E-state index contributed by atoms with van der Waals surface area (Å²) in [5.74, 6) is 0. The van der Waals surface area contributed by atoms with Crippen molar-refractivity contribution in [3.8, 4) is 0 Å². The van der Waals surface area contributed by atoms with E-state index in [2.05, 4.69) is 32.6 Å². The standard InChI is InChI=1S/C10H6F6O2.C9H13N3O.C2H8N2.C2H4O/c11-9(12,13)7-1-6(4-18-5-17)2-8(3-7)10(14,15)16;1-11-3-2-4-12-9(6-11)5-8(7-13)10-12;1-3-4-2;1-2-3/h1-3,5H,4H2;5,7H,2-4,6H2,1H3;3-4H,1-2H3;2H,1H3. The summed E-state index contributed by atoms with van der Waals surface area (Å²) in [6, 6.07) is 2.87. The smallest absolute Gasteiger partial charge is 0.416 e. The Kier molecular flexibility index (Phi) is 15.8. The second kappa shape index (κ2) is 17.3. The second-order valence-corrected chi connectivity index (χ2v) is 7.55. The maximum absolute atomic E-state index is 12.4. The predicted octanol–water partition coefficient (Wildman–Crippen LogP) is 3.47. The number of halogens is 6. The highest BCUT2D eigenvalue weighted by Gasteiger charge is 2.36. The first-order valence-corrected chi connectivity index (χ1v) is 11.0. The van der Waals surface area contributed by atoms with Crippen LogP contribution in [0.15, 0.2) is 24.3 Å². The molecule has 15 heteroatoms. The van der Waals surface area contributed by atoms with Gasteiger partial charge in [-0.15, -0.1) is 0 Å². The van der Waals surface area contributed by atoms with Crippen LogP contribution in [0.4, 0.5) is 26.3 Å². The summed E-state index contributed by atoms with van der Waals surface area (Å²) in [6.45, 7) is 3.64. The normalized spacial score (nSPS) is 13.1. The van der Waals surface area contributed by atoms with E-state index in [0.29, 0.717) is 17.8 Å². The van der Waals surface area contributed by atoms with Crippen LogP contribution in [-0.2, 0) is 46.4 Å². The van der Waals surface area contributed by atoms with E-state index in [-0.39, 0.29) is 18.1 Å². The topological polar surface area (TPSA) is 106 Å². The molecule has 0 saturated carbocycles. The van der Waals surface area contributed by atoms with Gasteiger partial charge in [0.2, 0.25) is 0 Å². The molecule has 2 heterocycles. The largest absolute Gasteiger partial charge is 0.463 e. The predicted molar refractivity (Wildman–Crippen MR) is 126 cm³/mol. The number of hydrogen-bond acceptors (Lipinski definition) is 8. The fourth-order valence-corrected chi connectivity index (χ4v) is 2.94. The average molecular weight is 556 g/mol. The molecule has 2 N–H and O–H groups in total. The molecular weight excluding hydrogens is 524 g/mol. The molecule has 1 aliphatic rings. The van der Waals surface area contributed by atoms with Gasteiger partial charge in [-0.3, -0.25) is 25.1 Å². The fraction of sp³-hybridized carbons (Fsp3) is 0.478. The molecule has 1 aliphatic heterocycles. The van der Waals surface area contributed by atoms with Crippen molar-refractivity contribution in [1.29, 1.82) is 0 Å². The zero-order valence-corrected chi connectivity index (χ0v) is 21.3. The number of hydrogen-bond donors (Lipinski definition) is 2. The Morgan fingerprint density at radius 3 is 1.89 bits per heavy atom. The van der Waals surface area contributed by atoms with Gasteiger partial charge in [0, 0.05) is 19.6 Å². The molecular formula is C23H31F6N5O4. The average Bonchev–Trinajstić information content (AvgIpc) is 3.15. The molecule has 0 bridgehead atoms. The zero-order chi connectivity index (χ0) is 29.4. The number of nitrogens with zero attached hydrogens (tertiary/aromatic N) is 3. The minimum atomic E-state index is -4.91. The quantitative estimate of drug-likeness (QED) is 0.328. The molecule has 1 aromatic heterocycles. The van der Waals surface area contributed by atoms with E-state index in [0.717, 1.165) is 44.3 Å². The molecule has 3 rings (SSSR count). The van der Waals surface area contributed by atoms with Crippen LogP contribution in [0.5, 0.6) is 0 Å². The number of nitrogens with one attached hydrogen (secondary N) is 2. The third-order valence-corrected chi connectivity index (χ3v) is 4.56. The summed E-state index contributed by atoms with van der Waals surface area (Å²) >= 11 is 0. The zero-order valence-electron chi connectivity index (χ0n) is 21.3. The van der Waals surface area contributed by atoms with Gasteiger partial charge in [-0.05, 0) is 64.3 Å². The number of ether oxygens (including phenoxy) is 1. The fourth-order valence-electron chi connectivity index (χ4n) is 2.94. The molecule has 0 amide bonds. The molecule has 0 saturated heterocycles. The van der Waals surface area contributed by atoms with E-state index in [1.54, 1.807) is 0 Å². The van der Waals surface area contributed by atoms with Crippen molar-refractivity contribution in [2.75, 3.05) is 27.7 Å². The van der Waals surface area contributed by atoms with E-state index in [4.69, 9.17) is 4.79 Å². The highest BCUT2D eigenvalue weighted by molar-refractivity contribution is 5.71. The van der Waals surface area contributed by atoms with Gasteiger partial charge < -0.3 is 14.4 Å². The summed E-state index contributed by atoms with van der Waals surface area (Å²) in [5, 5.41) is 4.19. The van der Waals surface area contributed by atoms with Crippen molar-refractivity contribution in [1.82, 2.24) is 25.5 Å². The van der Waals surface area contributed by atoms with E-state index >= 15 is 0 Å². The number of rotatable bonds is 5. The van der Waals surface area contributed by atoms with Crippen molar-refractivity contribution in [2.45, 2.75) is 45.4 Å². The number of aldehydes is 2. The maximum atomic E-state index is 12.4. The number of hydrazine groups is 1. The van der Waals surface area contributed by atoms with Gasteiger partial charge in [0.25, 0.3) is 6.47 Å². The third kappa shape index (κ3) is 13.3. The molecule has 0 atom stereocenters. The molecule has 0 fully saturated rings. The lowest BCUT2D eigenvalue weighted by atomic mass is 10.1. The number of alkyl halides is 6. The first-order valence-electron chi connectivity index (χ1n) is 11.0. The lowest BCUT2D eigenvalue weighted by molar-refractivity contribution is -0.143. The highest BCUT2D eigenvalue weighted by Crippen LogP contribution is 2.36. The lowest BCUT2D eigenvalue weighted by Crippen LogP contribution is -2.21. The molecule has 2 aromatic rings. The molecule has 1 aromatic carbocycles. The van der Waals surface area contributed by atoms with Crippen LogP contribution in [0.1, 0.15) is 46.2 Å². The van der Waals surface area contributed by atoms with Crippen molar-refractivity contribution in [3.05, 3.63) is 52.3 Å². The summed E-state index contributed by atoms with van der Waals surface area (Å²) in [6.07, 6.45) is -7.15. The Balaban J connectivity index is 0.000000594. The Hall–Kier alpha value is -3.30. The Bertz CT molecular complexity index is 961. The Morgan fingerprint density at radius 1 is 0.947 bits per heavy atom. The van der Waals surface area contributed by atoms with Crippen molar-refractivity contribution in [2.24, 2.45) is 0 Å². The van der Waals surface area contributed by atoms with Crippen LogP contribution in [0.2, 0.25) is 0 Å². The molecule has 0 unspecified atom stereocenters. The molecule has 214 valence electrons. The van der Waals surface area contributed by atoms with E-state index in [1.807, 2.05) is 24.8 Å². The van der Waals surface area contributed by atoms with Crippen LogP contribution in [0.3, 0.4) is 0 Å². The van der Waals surface area contributed by atoms with Crippen molar-refractivity contribution in [3.63, 3.8) is 0 Å². The number of carbonyl (C=O) groups is 3. The molecule has 9 nitrogen and oxygen atoms in total. The first kappa shape index (κ1) is 34.7. The number of aromatic nitrogens is 2. The number of aryl methyl sites for hydroxylation is 1. The summed E-state index contributed by atoms with van der Waals surface area (Å²) < 4.78 is 80.4. The first-order chi connectivity index (χ1) is 17.8.